The largest absolute Gasteiger partial charge is 0.573 e. The van der Waals surface area contributed by atoms with Gasteiger partial charge in [0.25, 0.3) is 0 Å². The Labute approximate surface area is 250 Å². The van der Waals surface area contributed by atoms with Crippen LogP contribution < -0.4 is 25.0 Å². The van der Waals surface area contributed by atoms with Gasteiger partial charge in [-0.25, -0.2) is 20.5 Å². The van der Waals surface area contributed by atoms with E-state index < -0.39 is 12.1 Å². The Morgan fingerprint density at radius 3 is 2.52 bits per heavy atom. The number of carbonyl (C=O) groups excluding carboxylic acids is 1. The van der Waals surface area contributed by atoms with Crippen molar-refractivity contribution >= 4 is 45.6 Å². The molecule has 0 saturated carbocycles. The minimum absolute atomic E-state index is 0.0247. The minimum atomic E-state index is -5.00. The molecule has 4 aromatic rings. The van der Waals surface area contributed by atoms with E-state index in [-0.39, 0.29) is 28.9 Å². The first-order chi connectivity index (χ1) is 21.1. The van der Waals surface area contributed by atoms with Crippen molar-refractivity contribution in [3.8, 4) is 17.2 Å². The third-order valence-electron chi connectivity index (χ3n) is 6.90. The number of benzene rings is 2. The second kappa shape index (κ2) is 12.4. The second-order valence-electron chi connectivity index (χ2n) is 9.71. The highest BCUT2D eigenvalue weighted by molar-refractivity contribution is 5.89. The van der Waals surface area contributed by atoms with Gasteiger partial charge in [0.2, 0.25) is 5.91 Å². The van der Waals surface area contributed by atoms with Crippen molar-refractivity contribution < 1.29 is 27.4 Å². The second-order valence-corrected chi connectivity index (χ2v) is 9.71. The van der Waals surface area contributed by atoms with Gasteiger partial charge in [-0.05, 0) is 48.9 Å². The lowest BCUT2D eigenvalue weighted by molar-refractivity contribution is -0.274. The maximum Gasteiger partial charge on any atom is 0.573 e. The summed E-state index contributed by atoms with van der Waals surface area (Å²) in [5.41, 5.74) is 9.53. The maximum atomic E-state index is 13.5. The van der Waals surface area contributed by atoms with Gasteiger partial charge in [0, 0.05) is 45.4 Å². The molecule has 0 spiro atoms. The van der Waals surface area contributed by atoms with Gasteiger partial charge >= 0.3 is 6.36 Å². The summed E-state index contributed by atoms with van der Waals surface area (Å²) < 4.78 is 50.8. The molecule has 0 radical (unpaired) electrons. The maximum absolute atomic E-state index is 13.5. The number of rotatable bonds is 9. The molecule has 0 bridgehead atoms. The molecule has 0 atom stereocenters. The van der Waals surface area contributed by atoms with Crippen LogP contribution in [0.4, 0.5) is 41.9 Å². The number of amides is 1. The Morgan fingerprint density at radius 1 is 1.07 bits per heavy atom. The number of piperazine rings is 1. The quantitative estimate of drug-likeness (QED) is 0.148. The van der Waals surface area contributed by atoms with Crippen LogP contribution in [0.15, 0.2) is 66.6 Å². The number of ether oxygens (including phenoxy) is 2. The number of aromatic nitrogens is 3. The SMILES string of the molecule is C=CC(=O)N1CCN(c2ccc3ncnc(Nc4cc(C)c(Oc5ccc(NC)c(N=N)c5)cc4OC(F)(F)F)c3n2)CC1. The number of aryl methyl sites for hydroxylation is 1. The van der Waals surface area contributed by atoms with Crippen LogP contribution in [0, 0.1) is 12.5 Å². The topological polar surface area (TPSA) is 141 Å². The highest BCUT2D eigenvalue weighted by Gasteiger charge is 2.33. The van der Waals surface area contributed by atoms with E-state index in [1.165, 1.54) is 24.5 Å². The molecule has 1 fully saturated rings. The number of pyridine rings is 1. The van der Waals surface area contributed by atoms with E-state index >= 15 is 0 Å². The Kier molecular flexibility index (Phi) is 8.46. The monoisotopic (exact) mass is 607 g/mol. The van der Waals surface area contributed by atoms with Crippen molar-refractivity contribution in [1.82, 2.24) is 19.9 Å². The fourth-order valence-corrected chi connectivity index (χ4v) is 4.70. The van der Waals surface area contributed by atoms with Gasteiger partial charge < -0.3 is 29.9 Å². The fourth-order valence-electron chi connectivity index (χ4n) is 4.70. The molecule has 3 heterocycles. The molecule has 2 aromatic heterocycles. The van der Waals surface area contributed by atoms with Gasteiger partial charge in [0.15, 0.2) is 11.6 Å². The minimum Gasteiger partial charge on any atom is -0.457 e. The van der Waals surface area contributed by atoms with Crippen LogP contribution in [0.25, 0.3) is 11.0 Å². The van der Waals surface area contributed by atoms with Gasteiger partial charge in [-0.15, -0.1) is 13.2 Å². The van der Waals surface area contributed by atoms with E-state index in [0.717, 1.165) is 6.07 Å². The summed E-state index contributed by atoms with van der Waals surface area (Å²) in [5.74, 6) is 0.452. The molecule has 1 amide bonds. The van der Waals surface area contributed by atoms with E-state index in [1.54, 1.807) is 43.1 Å². The average Bonchev–Trinajstić information content (AvgIpc) is 3.02. The van der Waals surface area contributed by atoms with Crippen LogP contribution in [-0.4, -0.2) is 65.3 Å². The number of halogens is 3. The lowest BCUT2D eigenvalue weighted by Gasteiger charge is -2.35. The molecule has 1 aliphatic heterocycles. The van der Waals surface area contributed by atoms with E-state index in [1.807, 2.05) is 4.90 Å². The zero-order valence-corrected chi connectivity index (χ0v) is 23.8. The molecule has 5 rings (SSSR count). The molecule has 0 aliphatic carbocycles. The van der Waals surface area contributed by atoms with Crippen molar-refractivity contribution in [3.63, 3.8) is 0 Å². The normalized spacial score (nSPS) is 13.4. The summed E-state index contributed by atoms with van der Waals surface area (Å²) in [6.07, 6.45) is -2.43. The van der Waals surface area contributed by atoms with Crippen LogP contribution >= 0.6 is 0 Å². The van der Waals surface area contributed by atoms with E-state index in [9.17, 15) is 18.0 Å². The van der Waals surface area contributed by atoms with Crippen molar-refractivity contribution in [2.75, 3.05) is 48.8 Å². The molecule has 12 nitrogen and oxygen atoms in total. The van der Waals surface area contributed by atoms with Crippen LogP contribution in [0.2, 0.25) is 0 Å². The molecule has 15 heteroatoms. The number of fused-ring (bicyclic) bond motifs is 1. The number of anilines is 4. The van der Waals surface area contributed by atoms with E-state index in [0.29, 0.717) is 60.0 Å². The molecular weight excluding hydrogens is 579 g/mol. The van der Waals surface area contributed by atoms with Gasteiger partial charge in [-0.1, -0.05) is 6.58 Å². The highest BCUT2D eigenvalue weighted by atomic mass is 19.4. The Morgan fingerprint density at radius 2 is 1.84 bits per heavy atom. The van der Waals surface area contributed by atoms with Crippen molar-refractivity contribution in [2.24, 2.45) is 5.11 Å². The number of alkyl halides is 3. The lowest BCUT2D eigenvalue weighted by Crippen LogP contribution is -2.48. The van der Waals surface area contributed by atoms with Gasteiger partial charge in [-0.3, -0.25) is 4.79 Å². The van der Waals surface area contributed by atoms with Crippen LogP contribution in [0.5, 0.6) is 17.2 Å². The zero-order chi connectivity index (χ0) is 31.4. The van der Waals surface area contributed by atoms with Crippen molar-refractivity contribution in [1.29, 1.82) is 5.53 Å². The van der Waals surface area contributed by atoms with Crippen LogP contribution in [0.3, 0.4) is 0 Å². The molecule has 0 unspecified atom stereocenters. The predicted molar refractivity (Wildman–Crippen MR) is 158 cm³/mol. The van der Waals surface area contributed by atoms with Crippen molar-refractivity contribution in [3.05, 3.63) is 67.0 Å². The summed E-state index contributed by atoms with van der Waals surface area (Å²) in [6, 6.07) is 10.8. The molecule has 1 aliphatic rings. The van der Waals surface area contributed by atoms with Gasteiger partial charge in [-0.2, -0.15) is 5.11 Å². The molecule has 3 N–H and O–H groups in total. The smallest absolute Gasteiger partial charge is 0.457 e. The number of nitrogens with one attached hydrogen (secondary N) is 3. The summed E-state index contributed by atoms with van der Waals surface area (Å²) in [6.45, 7) is 7.25. The summed E-state index contributed by atoms with van der Waals surface area (Å²) in [7, 11) is 1.67. The third kappa shape index (κ3) is 6.61. The standard InChI is InChI=1S/C29H28F3N9O3/c1-4-26(42)41-11-9-40(10-12-41)25-8-7-20-27(38-25)28(36-16-35-20)37-22-13-17(2)23(15-24(22)44-29(30,31)32)43-18-5-6-19(34-3)21(14-18)39-33/h4-8,13-16,33-34H,1,9-12H2,2-3H3,(H,35,36,37). The first-order valence-electron chi connectivity index (χ1n) is 13.4. The molecule has 2 aromatic carbocycles. The number of carbonyl (C=O) groups is 1. The molecule has 1 saturated heterocycles. The van der Waals surface area contributed by atoms with Crippen molar-refractivity contribution in [2.45, 2.75) is 13.3 Å². The Hall–Kier alpha value is -5.47. The van der Waals surface area contributed by atoms with E-state index in [2.05, 4.69) is 37.0 Å². The average molecular weight is 608 g/mol. The number of hydrogen-bond acceptors (Lipinski definition) is 11. The summed E-state index contributed by atoms with van der Waals surface area (Å²) in [4.78, 5) is 28.9. The first kappa shape index (κ1) is 30.0. The zero-order valence-electron chi connectivity index (χ0n) is 23.8. The highest BCUT2D eigenvalue weighted by Crippen LogP contribution is 2.40. The molecule has 228 valence electrons. The first-order valence-corrected chi connectivity index (χ1v) is 13.4. The molecule has 44 heavy (non-hydrogen) atoms. The number of nitrogens with zero attached hydrogens (tertiary/aromatic N) is 6. The Balaban J connectivity index is 1.46. The third-order valence-corrected chi connectivity index (χ3v) is 6.90. The van der Waals surface area contributed by atoms with Crippen LogP contribution in [0.1, 0.15) is 5.56 Å². The predicted octanol–water partition coefficient (Wildman–Crippen LogP) is 6.31. The van der Waals surface area contributed by atoms with Crippen LogP contribution in [-0.2, 0) is 4.79 Å². The van der Waals surface area contributed by atoms with Gasteiger partial charge in [0.1, 0.15) is 34.8 Å². The van der Waals surface area contributed by atoms with Gasteiger partial charge in [0.05, 0.1) is 16.9 Å². The number of hydrogen-bond donors (Lipinski definition) is 3. The lowest BCUT2D eigenvalue weighted by atomic mass is 10.1. The fraction of sp³-hybridized carbons (Fsp3) is 0.241. The summed E-state index contributed by atoms with van der Waals surface area (Å²) >= 11 is 0. The summed E-state index contributed by atoms with van der Waals surface area (Å²) in [5, 5.41) is 9.29. The van der Waals surface area contributed by atoms with E-state index in [4.69, 9.17) is 15.3 Å². The Bertz CT molecular complexity index is 1720. The molecular formula is C29H28F3N9O3.